The van der Waals surface area contributed by atoms with E-state index in [1.54, 1.807) is 18.2 Å². The molecule has 0 heterocycles. The molecule has 0 amide bonds. The second-order valence-corrected chi connectivity index (χ2v) is 6.44. The van der Waals surface area contributed by atoms with Crippen molar-refractivity contribution in [2.75, 3.05) is 13.1 Å². The molecule has 0 saturated heterocycles. The first-order chi connectivity index (χ1) is 12.0. The van der Waals surface area contributed by atoms with Crippen LogP contribution in [0.4, 0.5) is 0 Å². The van der Waals surface area contributed by atoms with Gasteiger partial charge in [0, 0.05) is 30.2 Å². The van der Waals surface area contributed by atoms with Crippen molar-refractivity contribution in [3.63, 3.8) is 0 Å². The van der Waals surface area contributed by atoms with Gasteiger partial charge in [-0.1, -0.05) is 42.0 Å². The number of nitrogens with zero attached hydrogens (tertiary/aromatic N) is 1. The molecule has 1 aliphatic rings. The average Bonchev–Trinajstić information content (AvgIpc) is 2.62. The minimum absolute atomic E-state index is 0. The quantitative estimate of drug-likeness (QED) is 0.309. The van der Waals surface area contributed by atoms with E-state index in [1.807, 2.05) is 37.3 Å². The molecule has 0 bridgehead atoms. The summed E-state index contributed by atoms with van der Waals surface area (Å²) in [5.74, 6) is 0. The molecule has 1 aromatic rings. The summed E-state index contributed by atoms with van der Waals surface area (Å²) < 4.78 is 49.0. The summed E-state index contributed by atoms with van der Waals surface area (Å²) in [6, 6.07) is 6.90. The Morgan fingerprint density at radius 3 is 1.88 bits per heavy atom. The van der Waals surface area contributed by atoms with Gasteiger partial charge in [-0.2, -0.15) is 4.31 Å². The number of allylic oxidation sites excluding steroid dienone is 2. The summed E-state index contributed by atoms with van der Waals surface area (Å²) >= 11 is 0. The molecule has 6 nitrogen and oxygen atoms in total. The van der Waals surface area contributed by atoms with E-state index in [0.717, 1.165) is 11.1 Å². The largest absolute Gasteiger partial charge is 0 e. The van der Waals surface area contributed by atoms with Crippen LogP contribution in [0, 0.1) is 26.9 Å². The fourth-order valence-electron chi connectivity index (χ4n) is 1.79. The molecule has 1 aliphatic carbocycles. The predicted molar refractivity (Wildman–Crippen MR) is 89.1 cm³/mol. The van der Waals surface area contributed by atoms with Crippen LogP contribution < -0.4 is 0 Å². The molecule has 0 N–H and O–H groups in total. The van der Waals surface area contributed by atoms with Crippen molar-refractivity contribution >= 4 is 10.0 Å². The number of rotatable bonds is 6. The van der Waals surface area contributed by atoms with Crippen molar-refractivity contribution in [1.82, 2.24) is 4.31 Å². The zero-order valence-corrected chi connectivity index (χ0v) is 15.9. The molecule has 138 valence electrons. The predicted octanol–water partition coefficient (Wildman–Crippen LogP) is 2.55. The fourth-order valence-corrected chi connectivity index (χ4v) is 3.19. The van der Waals surface area contributed by atoms with Crippen LogP contribution in [-0.2, 0) is 41.0 Å². The third-order valence-electron chi connectivity index (χ3n) is 2.97. The monoisotopic (exact) mass is 415 g/mol. The standard InChI is InChI=1S/C15H17NO2S.3CO.Fe/c1-3-11-16(12-14-5-4-6-14)19(17,18)15-9-7-13(2)8-10-15;3*1-2;/h3-10H,1,11-12H2,2H3;;;;. The van der Waals surface area contributed by atoms with Crippen LogP contribution in [0.25, 0.3) is 0 Å². The molecule has 1 aromatic carbocycles. The van der Waals surface area contributed by atoms with Gasteiger partial charge in [0.15, 0.2) is 0 Å². The minimum atomic E-state index is -3.46. The number of aryl methyl sites for hydroxylation is 1. The molecule has 0 aromatic heterocycles. The molecule has 0 fully saturated rings. The van der Waals surface area contributed by atoms with Crippen molar-refractivity contribution in [2.45, 2.75) is 11.8 Å². The van der Waals surface area contributed by atoms with Crippen LogP contribution in [0.1, 0.15) is 5.56 Å². The Hall–Kier alpha value is -1.91. The summed E-state index contributed by atoms with van der Waals surface area (Å²) in [5, 5.41) is 0. The summed E-state index contributed by atoms with van der Waals surface area (Å²) in [5.41, 5.74) is 2.05. The van der Waals surface area contributed by atoms with E-state index in [2.05, 4.69) is 26.5 Å². The van der Waals surface area contributed by atoms with Crippen molar-refractivity contribution in [3.05, 3.63) is 86.2 Å². The molecule has 0 atom stereocenters. The third-order valence-corrected chi connectivity index (χ3v) is 4.80. The smallest absolute Gasteiger partial charge is 0 e. The molecule has 8 heteroatoms. The summed E-state index contributed by atoms with van der Waals surface area (Å²) in [7, 11) is -3.46. The van der Waals surface area contributed by atoms with Gasteiger partial charge in [-0.3, -0.25) is 0 Å². The first-order valence-corrected chi connectivity index (χ1v) is 8.14. The Balaban J connectivity index is -0.000000686. The van der Waals surface area contributed by atoms with E-state index in [0.29, 0.717) is 18.0 Å². The van der Waals surface area contributed by atoms with Crippen molar-refractivity contribution in [1.29, 1.82) is 0 Å². The maximum atomic E-state index is 12.5. The SMILES string of the molecule is C=CCN(CC1=CC=C1)S(=O)(=O)c1ccc(C)cc1.[C-]#[O+].[C-]#[O+].[C-]#[O+].[Fe]. The molecular formula is C18H17FeNO5S. The molecule has 0 aliphatic heterocycles. The van der Waals surface area contributed by atoms with Gasteiger partial charge in [0.05, 0.1) is 4.90 Å². The fraction of sp³-hybridized carbons (Fsp3) is 0.167. The summed E-state index contributed by atoms with van der Waals surface area (Å²) in [6.45, 7) is 19.8. The van der Waals surface area contributed by atoms with E-state index in [9.17, 15) is 8.42 Å². The van der Waals surface area contributed by atoms with Gasteiger partial charge in [-0.05, 0) is 24.6 Å². The number of sulfonamides is 1. The Morgan fingerprint density at radius 1 is 1.08 bits per heavy atom. The van der Waals surface area contributed by atoms with Gasteiger partial charge < -0.3 is 0 Å². The van der Waals surface area contributed by atoms with Crippen molar-refractivity contribution in [2.24, 2.45) is 0 Å². The Kier molecular flexibility index (Phi) is 18.4. The van der Waals surface area contributed by atoms with E-state index < -0.39 is 10.0 Å². The summed E-state index contributed by atoms with van der Waals surface area (Å²) in [6.07, 6.45) is 7.34. The molecule has 0 spiro atoms. The molecule has 0 radical (unpaired) electrons. The molecule has 26 heavy (non-hydrogen) atoms. The zero-order valence-electron chi connectivity index (χ0n) is 14.0. The van der Waals surface area contributed by atoms with E-state index in [-0.39, 0.29) is 17.1 Å². The topological polar surface area (TPSA) is 97.1 Å². The van der Waals surface area contributed by atoms with Gasteiger partial charge in [-0.15, -0.1) is 6.58 Å². The van der Waals surface area contributed by atoms with E-state index in [1.165, 1.54) is 4.31 Å². The maximum absolute atomic E-state index is 12.5. The van der Waals surface area contributed by atoms with E-state index >= 15 is 0 Å². The third kappa shape index (κ3) is 8.97. The van der Waals surface area contributed by atoms with Gasteiger partial charge in [0.1, 0.15) is 0 Å². The normalized spacial score (nSPS) is 10.5. The Bertz CT molecular complexity index is 745. The molecular weight excluding hydrogens is 398 g/mol. The maximum Gasteiger partial charge on any atom is 0 e. The number of hydrogen-bond acceptors (Lipinski definition) is 2. The molecule has 0 unspecified atom stereocenters. The van der Waals surface area contributed by atoms with Crippen LogP contribution in [0.2, 0.25) is 0 Å². The summed E-state index contributed by atoms with van der Waals surface area (Å²) in [4.78, 5) is 0.323. The average molecular weight is 415 g/mol. The number of benzene rings is 1. The van der Waals surface area contributed by atoms with Gasteiger partial charge in [-0.25, -0.2) is 8.42 Å². The Labute approximate surface area is 165 Å². The van der Waals surface area contributed by atoms with Crippen LogP contribution in [0.5, 0.6) is 0 Å². The minimum Gasteiger partial charge on any atom is 0 e. The second-order valence-electron chi connectivity index (χ2n) is 4.50. The Morgan fingerprint density at radius 2 is 1.54 bits per heavy atom. The van der Waals surface area contributed by atoms with E-state index in [4.69, 9.17) is 14.0 Å². The van der Waals surface area contributed by atoms with Crippen LogP contribution in [-0.4, -0.2) is 25.8 Å². The van der Waals surface area contributed by atoms with Crippen LogP contribution >= 0.6 is 0 Å². The van der Waals surface area contributed by atoms with Gasteiger partial charge in [0.25, 0.3) is 0 Å². The first-order valence-electron chi connectivity index (χ1n) is 6.70. The van der Waals surface area contributed by atoms with Crippen LogP contribution in [0.15, 0.2) is 65.6 Å². The van der Waals surface area contributed by atoms with Crippen LogP contribution in [0.3, 0.4) is 0 Å². The molecule has 2 rings (SSSR count). The number of hydrogen-bond donors (Lipinski definition) is 0. The second kappa shape index (κ2) is 16.6. The first kappa shape index (κ1) is 28.9. The zero-order chi connectivity index (χ0) is 19.9. The van der Waals surface area contributed by atoms with Gasteiger partial charge >= 0.3 is 33.9 Å². The van der Waals surface area contributed by atoms with Crippen molar-refractivity contribution < 1.29 is 39.4 Å². The van der Waals surface area contributed by atoms with Crippen molar-refractivity contribution in [3.8, 4) is 0 Å². The molecule has 0 saturated carbocycles. The van der Waals surface area contributed by atoms with Gasteiger partial charge in [0.2, 0.25) is 10.0 Å².